The van der Waals surface area contributed by atoms with Crippen LogP contribution in [0.25, 0.3) is 16.7 Å². The zero-order chi connectivity index (χ0) is 27.2. The van der Waals surface area contributed by atoms with Gasteiger partial charge in [0, 0.05) is 6.54 Å². The Balaban J connectivity index is 1.13. The van der Waals surface area contributed by atoms with Crippen LogP contribution in [0.15, 0.2) is 55.0 Å². The van der Waals surface area contributed by atoms with Crippen molar-refractivity contribution in [3.63, 3.8) is 0 Å². The summed E-state index contributed by atoms with van der Waals surface area (Å²) in [4.78, 5) is 18.9. The van der Waals surface area contributed by atoms with Gasteiger partial charge in [0.05, 0.1) is 59.5 Å². The number of amides is 1. The number of hydrogen-bond donors (Lipinski definition) is 0. The van der Waals surface area contributed by atoms with Crippen molar-refractivity contribution in [3.8, 4) is 11.8 Å². The van der Waals surface area contributed by atoms with E-state index in [1.165, 1.54) is 23.0 Å². The van der Waals surface area contributed by atoms with Crippen LogP contribution >= 0.6 is 0 Å². The van der Waals surface area contributed by atoms with Gasteiger partial charge in [-0.05, 0) is 68.0 Å². The number of carbonyl (C=O) groups is 1. The van der Waals surface area contributed by atoms with Crippen molar-refractivity contribution >= 4 is 17.1 Å². The molecule has 3 heterocycles. The Morgan fingerprint density at radius 1 is 1.21 bits per heavy atom. The zero-order valence-electron chi connectivity index (χ0n) is 20.8. The zero-order valence-corrected chi connectivity index (χ0v) is 20.8. The molecule has 0 bridgehead atoms. The highest BCUT2D eigenvalue weighted by Gasteiger charge is 2.48. The fourth-order valence-electron chi connectivity index (χ4n) is 5.72. The van der Waals surface area contributed by atoms with Gasteiger partial charge in [0.1, 0.15) is 11.3 Å². The maximum Gasteiger partial charge on any atom is 0.416 e. The second kappa shape index (κ2) is 9.41. The van der Waals surface area contributed by atoms with Crippen molar-refractivity contribution in [3.05, 3.63) is 71.8 Å². The molecule has 4 aromatic rings. The smallest absolute Gasteiger partial charge is 0.416 e. The molecule has 12 heteroatoms. The Labute approximate surface area is 221 Å². The average molecular weight is 536 g/mol. The Kier molecular flexibility index (Phi) is 6.01. The summed E-state index contributed by atoms with van der Waals surface area (Å²) < 4.78 is 48.5. The van der Waals surface area contributed by atoms with Gasteiger partial charge in [-0.3, -0.25) is 4.90 Å². The van der Waals surface area contributed by atoms with Crippen molar-refractivity contribution < 1.29 is 22.7 Å². The first-order valence-corrected chi connectivity index (χ1v) is 12.6. The summed E-state index contributed by atoms with van der Waals surface area (Å²) in [6, 6.07) is 12.4. The molecule has 1 saturated carbocycles. The van der Waals surface area contributed by atoms with E-state index in [-0.39, 0.29) is 18.2 Å². The number of carbonyl (C=O) groups excluding carboxylic acids is 1. The van der Waals surface area contributed by atoms with Crippen LogP contribution in [-0.4, -0.2) is 47.7 Å². The molecule has 0 N–H and O–H groups in total. The summed E-state index contributed by atoms with van der Waals surface area (Å²) in [5.74, 6) is 0.261. The fraction of sp³-hybridized carbons (Fsp3) is 0.370. The third kappa shape index (κ3) is 4.92. The molecule has 2 atom stereocenters. The number of imidazole rings is 1. The topological polar surface area (TPSA) is 102 Å². The molecule has 0 radical (unpaired) electrons. The molecular weight excluding hydrogens is 511 g/mol. The number of nitrogens with zero attached hydrogens (tertiary/aromatic N) is 7. The molecule has 0 unspecified atom stereocenters. The minimum absolute atomic E-state index is 0.146. The normalized spacial score (nSPS) is 21.4. The van der Waals surface area contributed by atoms with Crippen LogP contribution in [0.4, 0.5) is 18.0 Å². The van der Waals surface area contributed by atoms with E-state index in [1.54, 1.807) is 17.3 Å². The van der Waals surface area contributed by atoms with Crippen LogP contribution in [0.2, 0.25) is 0 Å². The molecule has 39 heavy (non-hydrogen) atoms. The number of nitriles is 1. The molecule has 9 nitrogen and oxygen atoms in total. The average Bonchev–Trinajstić information content (AvgIpc) is 3.62. The molecule has 2 aromatic heterocycles. The maximum absolute atomic E-state index is 13.1. The molecule has 6 rings (SSSR count). The quantitative estimate of drug-likeness (QED) is 0.353. The van der Waals surface area contributed by atoms with Crippen LogP contribution in [-0.2, 0) is 24.0 Å². The number of aromatic nitrogens is 5. The number of fused-ring (bicyclic) bond motifs is 1. The third-order valence-electron chi connectivity index (χ3n) is 7.48. The molecule has 1 amide bonds. The Hall–Kier alpha value is -4.40. The standard InChI is InChI=1S/C27H24F3N7O2/c28-27(29,30)20-4-1-5-22(10-20)37-15-21(33-34-37)14-35-16-26(39-25(35)38)8-2-3-19(11-26)13-36-17-32-23-7-6-18(12-31)9-24(23)36/h1,4-7,9-10,15,17,19H,2-3,8,11,13-14,16H2/t19-,26-/m0/s1. The number of halogens is 3. The Morgan fingerprint density at radius 3 is 2.90 bits per heavy atom. The van der Waals surface area contributed by atoms with Crippen LogP contribution < -0.4 is 0 Å². The van der Waals surface area contributed by atoms with Gasteiger partial charge < -0.3 is 9.30 Å². The summed E-state index contributed by atoms with van der Waals surface area (Å²) in [5, 5.41) is 17.3. The SMILES string of the molecule is N#Cc1ccc2ncn(C[C@H]3CCC[C@]4(C3)CN(Cc3cn(-c5cccc(C(F)(F)F)c5)nn3)C(=O)O4)c2c1. The lowest BCUT2D eigenvalue weighted by Crippen LogP contribution is -2.40. The third-order valence-corrected chi connectivity index (χ3v) is 7.48. The largest absolute Gasteiger partial charge is 0.441 e. The van der Waals surface area contributed by atoms with Crippen molar-refractivity contribution in [2.24, 2.45) is 5.92 Å². The first kappa shape index (κ1) is 24.9. The summed E-state index contributed by atoms with van der Waals surface area (Å²) in [6.45, 7) is 1.26. The lowest BCUT2D eigenvalue weighted by Gasteiger charge is -2.36. The van der Waals surface area contributed by atoms with Gasteiger partial charge in [-0.15, -0.1) is 5.10 Å². The maximum atomic E-state index is 13.1. The van der Waals surface area contributed by atoms with Gasteiger partial charge in [-0.2, -0.15) is 18.4 Å². The summed E-state index contributed by atoms with van der Waals surface area (Å²) >= 11 is 0. The van der Waals surface area contributed by atoms with Gasteiger partial charge in [-0.25, -0.2) is 14.5 Å². The van der Waals surface area contributed by atoms with Gasteiger partial charge in [0.15, 0.2) is 0 Å². The molecule has 1 saturated heterocycles. The molecule has 1 spiro atoms. The first-order chi connectivity index (χ1) is 18.7. The predicted molar refractivity (Wildman–Crippen MR) is 132 cm³/mol. The van der Waals surface area contributed by atoms with E-state index in [0.29, 0.717) is 30.8 Å². The second-order valence-corrected chi connectivity index (χ2v) is 10.3. The molecule has 1 aliphatic heterocycles. The van der Waals surface area contributed by atoms with E-state index in [1.807, 2.05) is 12.1 Å². The monoisotopic (exact) mass is 535 g/mol. The van der Waals surface area contributed by atoms with Crippen LogP contribution in [0.5, 0.6) is 0 Å². The highest BCUT2D eigenvalue weighted by molar-refractivity contribution is 5.77. The first-order valence-electron chi connectivity index (χ1n) is 12.6. The minimum Gasteiger partial charge on any atom is -0.441 e. The lowest BCUT2D eigenvalue weighted by molar-refractivity contribution is -0.137. The highest BCUT2D eigenvalue weighted by atomic mass is 19.4. The Morgan fingerprint density at radius 2 is 2.08 bits per heavy atom. The van der Waals surface area contributed by atoms with E-state index in [0.717, 1.165) is 42.4 Å². The lowest BCUT2D eigenvalue weighted by atomic mass is 9.78. The Bertz CT molecular complexity index is 1590. The van der Waals surface area contributed by atoms with E-state index in [2.05, 4.69) is 25.9 Å². The number of alkyl halides is 3. The summed E-state index contributed by atoms with van der Waals surface area (Å²) in [6.07, 6.45) is 1.77. The molecule has 1 aliphatic carbocycles. The number of benzene rings is 2. The van der Waals surface area contributed by atoms with Crippen molar-refractivity contribution in [2.45, 2.75) is 50.6 Å². The van der Waals surface area contributed by atoms with Gasteiger partial charge in [0.2, 0.25) is 0 Å². The molecule has 2 aliphatic rings. The van der Waals surface area contributed by atoms with E-state index < -0.39 is 23.4 Å². The van der Waals surface area contributed by atoms with Crippen LogP contribution in [0, 0.1) is 17.2 Å². The van der Waals surface area contributed by atoms with Crippen molar-refractivity contribution in [2.75, 3.05) is 6.54 Å². The van der Waals surface area contributed by atoms with Crippen molar-refractivity contribution in [1.82, 2.24) is 29.4 Å². The van der Waals surface area contributed by atoms with Gasteiger partial charge in [0.25, 0.3) is 0 Å². The molecule has 2 fully saturated rings. The van der Waals surface area contributed by atoms with Gasteiger partial charge >= 0.3 is 12.3 Å². The highest BCUT2D eigenvalue weighted by Crippen LogP contribution is 2.41. The molecule has 2 aromatic carbocycles. The predicted octanol–water partition coefficient (Wildman–Crippen LogP) is 5.09. The van der Waals surface area contributed by atoms with Crippen molar-refractivity contribution in [1.29, 1.82) is 5.26 Å². The summed E-state index contributed by atoms with van der Waals surface area (Å²) in [7, 11) is 0. The molecular formula is C27H24F3N7O2. The minimum atomic E-state index is -4.46. The van der Waals surface area contributed by atoms with Crippen LogP contribution in [0.1, 0.15) is 42.5 Å². The van der Waals surface area contributed by atoms with E-state index >= 15 is 0 Å². The second-order valence-electron chi connectivity index (χ2n) is 10.3. The van der Waals surface area contributed by atoms with Crippen LogP contribution in [0.3, 0.4) is 0 Å². The van der Waals surface area contributed by atoms with Gasteiger partial charge in [-0.1, -0.05) is 11.3 Å². The fourth-order valence-corrected chi connectivity index (χ4v) is 5.72. The van der Waals surface area contributed by atoms with E-state index in [4.69, 9.17) is 4.74 Å². The van der Waals surface area contributed by atoms with E-state index in [9.17, 15) is 23.2 Å². The summed E-state index contributed by atoms with van der Waals surface area (Å²) in [5.41, 5.74) is 1.61. The number of hydrogen-bond acceptors (Lipinski definition) is 6. The number of rotatable bonds is 5. The molecule has 200 valence electrons. The number of ether oxygens (including phenoxy) is 1.